The van der Waals surface area contributed by atoms with Crippen molar-refractivity contribution in [2.75, 3.05) is 6.61 Å². The van der Waals surface area contributed by atoms with Gasteiger partial charge >= 0.3 is 0 Å². The highest BCUT2D eigenvalue weighted by molar-refractivity contribution is 6.33. The fraction of sp³-hybridized carbons (Fsp3) is 0.294. The van der Waals surface area contributed by atoms with Crippen LogP contribution in [0.15, 0.2) is 36.4 Å². The van der Waals surface area contributed by atoms with Gasteiger partial charge < -0.3 is 9.84 Å². The van der Waals surface area contributed by atoms with Gasteiger partial charge in [-0.25, -0.2) is 0 Å². The first-order valence-corrected chi connectivity index (χ1v) is 7.33. The van der Waals surface area contributed by atoms with Crippen molar-refractivity contribution in [3.63, 3.8) is 0 Å². The predicted octanol–water partition coefficient (Wildman–Crippen LogP) is 4.99. The number of rotatable bonds is 4. The van der Waals surface area contributed by atoms with Crippen LogP contribution in [-0.2, 0) is 0 Å². The predicted molar refractivity (Wildman–Crippen MR) is 81.7 cm³/mol. The lowest BCUT2D eigenvalue weighted by molar-refractivity contribution is 0.319. The highest BCUT2D eigenvalue weighted by Gasteiger charge is 2.29. The second-order valence-electron chi connectivity index (χ2n) is 5.08. The van der Waals surface area contributed by atoms with Crippen LogP contribution >= 0.6 is 11.6 Å². The molecule has 3 rings (SSSR count). The summed E-state index contributed by atoms with van der Waals surface area (Å²) in [5.41, 5.74) is 2.98. The minimum Gasteiger partial charge on any atom is -0.503 e. The van der Waals surface area contributed by atoms with Crippen molar-refractivity contribution in [1.29, 1.82) is 0 Å². The van der Waals surface area contributed by atoms with Gasteiger partial charge in [-0.2, -0.15) is 0 Å². The monoisotopic (exact) mass is 288 g/mol. The van der Waals surface area contributed by atoms with Crippen LogP contribution in [0.2, 0.25) is 5.02 Å². The molecule has 1 aliphatic carbocycles. The lowest BCUT2D eigenvalue weighted by atomic mass is 9.99. The lowest BCUT2D eigenvalue weighted by Crippen LogP contribution is -1.97. The summed E-state index contributed by atoms with van der Waals surface area (Å²) in [6.45, 7) is 2.39. The summed E-state index contributed by atoms with van der Waals surface area (Å²) in [5.74, 6) is 1.02. The first-order valence-electron chi connectivity index (χ1n) is 6.96. The molecule has 2 nitrogen and oxygen atoms in total. The second-order valence-corrected chi connectivity index (χ2v) is 5.46. The number of aromatic hydroxyl groups is 1. The van der Waals surface area contributed by atoms with Crippen LogP contribution in [0.5, 0.6) is 11.5 Å². The van der Waals surface area contributed by atoms with Gasteiger partial charge in [0, 0.05) is 5.56 Å². The maximum Gasteiger partial charge on any atom is 0.177 e. The van der Waals surface area contributed by atoms with Crippen molar-refractivity contribution in [2.24, 2.45) is 0 Å². The zero-order valence-corrected chi connectivity index (χ0v) is 12.2. The Morgan fingerprint density at radius 3 is 2.55 bits per heavy atom. The van der Waals surface area contributed by atoms with E-state index >= 15 is 0 Å². The van der Waals surface area contributed by atoms with Gasteiger partial charge in [0.15, 0.2) is 11.5 Å². The van der Waals surface area contributed by atoms with E-state index in [0.717, 1.165) is 29.5 Å². The summed E-state index contributed by atoms with van der Waals surface area (Å²) < 4.78 is 5.62. The second kappa shape index (κ2) is 5.37. The van der Waals surface area contributed by atoms with Crippen LogP contribution in [0.3, 0.4) is 0 Å². The Bertz CT molecular complexity index is 619. The van der Waals surface area contributed by atoms with Gasteiger partial charge in [-0.15, -0.1) is 0 Å². The molecule has 2 aromatic rings. The molecule has 1 saturated carbocycles. The molecule has 1 aliphatic rings. The van der Waals surface area contributed by atoms with Crippen molar-refractivity contribution in [2.45, 2.75) is 25.7 Å². The number of halogens is 1. The fourth-order valence-electron chi connectivity index (χ4n) is 2.46. The van der Waals surface area contributed by atoms with E-state index in [9.17, 15) is 5.11 Å². The van der Waals surface area contributed by atoms with Crippen LogP contribution in [0.1, 0.15) is 31.2 Å². The van der Waals surface area contributed by atoms with Crippen molar-refractivity contribution in [1.82, 2.24) is 0 Å². The van der Waals surface area contributed by atoms with Gasteiger partial charge in [-0.3, -0.25) is 0 Å². The molecule has 0 saturated heterocycles. The molecule has 0 aliphatic heterocycles. The molecule has 0 unspecified atom stereocenters. The molecule has 0 heterocycles. The molecule has 1 N–H and O–H groups in total. The standard InChI is InChI=1S/C17H17ClO2/c1-2-20-17-14(11-6-4-3-5-7-11)10-13(12-8-9-12)15(18)16(17)19/h3-7,10,12,19H,2,8-9H2,1H3. The molecule has 0 radical (unpaired) electrons. The van der Waals surface area contributed by atoms with Crippen molar-refractivity contribution >= 4 is 11.6 Å². The minimum atomic E-state index is 0.0665. The van der Waals surface area contributed by atoms with Crippen LogP contribution in [0, 0.1) is 0 Å². The molecule has 0 bridgehead atoms. The van der Waals surface area contributed by atoms with Crippen LogP contribution in [-0.4, -0.2) is 11.7 Å². The highest BCUT2D eigenvalue weighted by atomic mass is 35.5. The molecule has 0 spiro atoms. The van der Waals surface area contributed by atoms with Gasteiger partial charge in [0.1, 0.15) is 0 Å². The Labute approximate surface area is 124 Å². The number of benzene rings is 2. The normalized spacial score (nSPS) is 14.3. The Kier molecular flexibility index (Phi) is 3.58. The van der Waals surface area contributed by atoms with E-state index < -0.39 is 0 Å². The lowest BCUT2D eigenvalue weighted by Gasteiger charge is -2.16. The average Bonchev–Trinajstić information content (AvgIpc) is 3.30. The number of hydrogen-bond acceptors (Lipinski definition) is 2. The Hall–Kier alpha value is -1.67. The van der Waals surface area contributed by atoms with Crippen LogP contribution < -0.4 is 4.74 Å². The third-order valence-corrected chi connectivity index (χ3v) is 4.01. The van der Waals surface area contributed by atoms with Gasteiger partial charge in [-0.1, -0.05) is 41.9 Å². The molecule has 1 fully saturated rings. The summed E-state index contributed by atoms with van der Waals surface area (Å²) in [4.78, 5) is 0. The smallest absolute Gasteiger partial charge is 0.177 e. The first kappa shape index (κ1) is 13.3. The topological polar surface area (TPSA) is 29.5 Å². The Morgan fingerprint density at radius 1 is 1.25 bits per heavy atom. The van der Waals surface area contributed by atoms with Gasteiger partial charge in [0.2, 0.25) is 0 Å². The molecule has 0 aromatic heterocycles. The molecular weight excluding hydrogens is 272 g/mol. The van der Waals surface area contributed by atoms with Crippen molar-refractivity contribution in [3.8, 4) is 22.6 Å². The fourth-order valence-corrected chi connectivity index (χ4v) is 2.76. The van der Waals surface area contributed by atoms with E-state index in [1.54, 1.807) is 0 Å². The molecule has 0 atom stereocenters. The molecular formula is C17H17ClO2. The molecule has 20 heavy (non-hydrogen) atoms. The van der Waals surface area contributed by atoms with Gasteiger partial charge in [-0.05, 0) is 42.9 Å². The summed E-state index contributed by atoms with van der Waals surface area (Å²) in [7, 11) is 0. The average molecular weight is 289 g/mol. The summed E-state index contributed by atoms with van der Waals surface area (Å²) in [6, 6.07) is 12.0. The number of hydrogen-bond donors (Lipinski definition) is 1. The van der Waals surface area contributed by atoms with E-state index in [0.29, 0.717) is 23.3 Å². The largest absolute Gasteiger partial charge is 0.503 e. The van der Waals surface area contributed by atoms with Crippen molar-refractivity contribution < 1.29 is 9.84 Å². The number of phenols is 1. The van der Waals surface area contributed by atoms with E-state index in [2.05, 4.69) is 6.07 Å². The summed E-state index contributed by atoms with van der Waals surface area (Å²) >= 11 is 6.30. The third kappa shape index (κ3) is 2.36. The van der Waals surface area contributed by atoms with E-state index in [1.807, 2.05) is 37.3 Å². The van der Waals surface area contributed by atoms with Crippen LogP contribution in [0.25, 0.3) is 11.1 Å². The summed E-state index contributed by atoms with van der Waals surface area (Å²) in [6.07, 6.45) is 2.28. The zero-order valence-electron chi connectivity index (χ0n) is 11.4. The Morgan fingerprint density at radius 2 is 1.95 bits per heavy atom. The van der Waals surface area contributed by atoms with Crippen molar-refractivity contribution in [3.05, 3.63) is 47.0 Å². The summed E-state index contributed by atoms with van der Waals surface area (Å²) in [5, 5.41) is 10.8. The van der Waals surface area contributed by atoms with E-state index in [1.165, 1.54) is 0 Å². The third-order valence-electron chi connectivity index (χ3n) is 3.61. The molecule has 2 aromatic carbocycles. The molecule has 104 valence electrons. The zero-order chi connectivity index (χ0) is 14.1. The van der Waals surface area contributed by atoms with Crippen LogP contribution in [0.4, 0.5) is 0 Å². The van der Waals surface area contributed by atoms with Gasteiger partial charge in [0.05, 0.1) is 11.6 Å². The maximum absolute atomic E-state index is 10.4. The van der Waals surface area contributed by atoms with Gasteiger partial charge in [0.25, 0.3) is 0 Å². The highest BCUT2D eigenvalue weighted by Crippen LogP contribution is 2.51. The number of phenolic OH excluding ortho intramolecular Hbond substituents is 1. The molecule has 3 heteroatoms. The van der Waals surface area contributed by atoms with E-state index in [4.69, 9.17) is 16.3 Å². The first-order chi connectivity index (χ1) is 9.72. The molecule has 0 amide bonds. The minimum absolute atomic E-state index is 0.0665. The Balaban J connectivity index is 2.19. The van der Waals surface area contributed by atoms with E-state index in [-0.39, 0.29) is 5.75 Å². The SMILES string of the molecule is CCOc1c(-c2ccccc2)cc(C2CC2)c(Cl)c1O. The quantitative estimate of drug-likeness (QED) is 0.859. The maximum atomic E-state index is 10.4. The number of ether oxygens (including phenoxy) is 1.